The molecule has 4 heteroatoms. The number of hydrogen-bond donors (Lipinski definition) is 1. The molecular weight excluding hydrogens is 218 g/mol. The first-order valence-corrected chi connectivity index (χ1v) is 6.03. The second-order valence-electron chi connectivity index (χ2n) is 5.76. The average Bonchev–Trinajstić information content (AvgIpc) is 2.63. The van der Waals surface area contributed by atoms with Crippen molar-refractivity contribution >= 4 is 6.09 Å². The lowest BCUT2D eigenvalue weighted by Gasteiger charge is -2.35. The van der Waals surface area contributed by atoms with Crippen molar-refractivity contribution in [3.63, 3.8) is 0 Å². The van der Waals surface area contributed by atoms with Crippen molar-refractivity contribution in [1.29, 1.82) is 0 Å². The smallest absolute Gasteiger partial charge is 0.410 e. The predicted molar refractivity (Wildman–Crippen MR) is 66.8 cm³/mol. The van der Waals surface area contributed by atoms with Crippen molar-refractivity contribution in [3.05, 3.63) is 12.7 Å². The van der Waals surface area contributed by atoms with Gasteiger partial charge in [-0.3, -0.25) is 0 Å². The highest BCUT2D eigenvalue weighted by atomic mass is 16.6. The molecule has 0 bridgehead atoms. The molecule has 1 amide bonds. The maximum Gasteiger partial charge on any atom is 0.410 e. The van der Waals surface area contributed by atoms with Crippen LogP contribution in [0.3, 0.4) is 0 Å². The number of carbonyl (C=O) groups is 1. The fraction of sp³-hybridized carbons (Fsp3) is 0.769. The summed E-state index contributed by atoms with van der Waals surface area (Å²) in [6.07, 6.45) is 2.79. The van der Waals surface area contributed by atoms with Gasteiger partial charge in [-0.2, -0.15) is 0 Å². The Morgan fingerprint density at radius 2 is 2.06 bits per heavy atom. The average molecular weight is 241 g/mol. The lowest BCUT2D eigenvalue weighted by atomic mass is 9.95. The van der Waals surface area contributed by atoms with Crippen LogP contribution in [0.15, 0.2) is 12.7 Å². The third-order valence-electron chi connectivity index (χ3n) is 2.97. The van der Waals surface area contributed by atoms with Gasteiger partial charge in [-0.15, -0.1) is 6.58 Å². The van der Waals surface area contributed by atoms with E-state index >= 15 is 0 Å². The van der Waals surface area contributed by atoms with Crippen LogP contribution in [0.5, 0.6) is 0 Å². The van der Waals surface area contributed by atoms with Crippen LogP contribution in [-0.4, -0.2) is 39.9 Å². The van der Waals surface area contributed by atoms with E-state index in [1.54, 1.807) is 11.8 Å². The van der Waals surface area contributed by atoms with E-state index in [1.807, 2.05) is 20.8 Å². The van der Waals surface area contributed by atoms with Gasteiger partial charge in [0.05, 0.1) is 6.04 Å². The SMILES string of the molecule is C=C[C@@](C)(O)[C@@H]1CCCN1C(=O)OC(C)(C)C. The van der Waals surface area contributed by atoms with E-state index < -0.39 is 11.2 Å². The Kier molecular flexibility index (Phi) is 3.87. The molecule has 17 heavy (non-hydrogen) atoms. The van der Waals surface area contributed by atoms with Crippen LogP contribution in [-0.2, 0) is 4.74 Å². The molecule has 4 nitrogen and oxygen atoms in total. The predicted octanol–water partition coefficient (Wildman–Crippen LogP) is 2.32. The molecule has 0 aromatic rings. The van der Waals surface area contributed by atoms with E-state index in [4.69, 9.17) is 4.74 Å². The second kappa shape index (κ2) is 4.69. The highest BCUT2D eigenvalue weighted by Gasteiger charge is 2.41. The van der Waals surface area contributed by atoms with Crippen LogP contribution in [0.25, 0.3) is 0 Å². The summed E-state index contributed by atoms with van der Waals surface area (Å²) in [6, 6.07) is -0.241. The summed E-state index contributed by atoms with van der Waals surface area (Å²) in [5.74, 6) is 0. The molecule has 1 aliphatic rings. The molecule has 2 atom stereocenters. The van der Waals surface area contributed by atoms with Gasteiger partial charge in [-0.25, -0.2) is 4.79 Å². The molecule has 98 valence electrons. The van der Waals surface area contributed by atoms with Gasteiger partial charge in [0.25, 0.3) is 0 Å². The topological polar surface area (TPSA) is 49.8 Å². The fourth-order valence-electron chi connectivity index (χ4n) is 2.05. The van der Waals surface area contributed by atoms with Crippen LogP contribution in [0, 0.1) is 0 Å². The first kappa shape index (κ1) is 14.0. The van der Waals surface area contributed by atoms with Gasteiger partial charge in [0.2, 0.25) is 0 Å². The van der Waals surface area contributed by atoms with Crippen LogP contribution >= 0.6 is 0 Å². The zero-order valence-corrected chi connectivity index (χ0v) is 11.2. The van der Waals surface area contributed by atoms with Crippen LogP contribution in [0.2, 0.25) is 0 Å². The zero-order valence-electron chi connectivity index (χ0n) is 11.2. The van der Waals surface area contributed by atoms with Crippen LogP contribution < -0.4 is 0 Å². The number of aliphatic hydroxyl groups is 1. The Morgan fingerprint density at radius 3 is 2.53 bits per heavy atom. The molecule has 0 unspecified atom stereocenters. The summed E-state index contributed by atoms with van der Waals surface area (Å²) >= 11 is 0. The van der Waals surface area contributed by atoms with Crippen LogP contribution in [0.1, 0.15) is 40.5 Å². The lowest BCUT2D eigenvalue weighted by molar-refractivity contribution is -0.0114. The number of carbonyl (C=O) groups excluding carboxylic acids is 1. The minimum absolute atomic E-state index is 0.241. The van der Waals surface area contributed by atoms with Crippen LogP contribution in [0.4, 0.5) is 4.79 Å². The molecule has 1 aliphatic heterocycles. The quantitative estimate of drug-likeness (QED) is 0.755. The van der Waals surface area contributed by atoms with E-state index in [2.05, 4.69) is 6.58 Å². The summed E-state index contributed by atoms with van der Waals surface area (Å²) in [6.45, 7) is 11.4. The van der Waals surface area contributed by atoms with Gasteiger partial charge in [-0.05, 0) is 40.5 Å². The molecule has 1 saturated heterocycles. The lowest BCUT2D eigenvalue weighted by Crippen LogP contribution is -2.50. The zero-order chi connectivity index (χ0) is 13.3. The third kappa shape index (κ3) is 3.46. The molecule has 0 radical (unpaired) electrons. The minimum atomic E-state index is -1.06. The van der Waals surface area contributed by atoms with E-state index in [0.29, 0.717) is 6.54 Å². The summed E-state index contributed by atoms with van der Waals surface area (Å²) in [5.41, 5.74) is -1.57. The monoisotopic (exact) mass is 241 g/mol. The Labute approximate surface area is 103 Å². The number of ether oxygens (including phenoxy) is 1. The standard InChI is InChI=1S/C13H23NO3/c1-6-13(5,16)10-8-7-9-14(10)11(15)17-12(2,3)4/h6,10,16H,1,7-9H2,2-5H3/t10-,13+/m0/s1. The van der Waals surface area contributed by atoms with Crippen molar-refractivity contribution in [2.75, 3.05) is 6.54 Å². The number of amides is 1. The van der Waals surface area contributed by atoms with Crippen molar-refractivity contribution in [2.24, 2.45) is 0 Å². The highest BCUT2D eigenvalue weighted by Crippen LogP contribution is 2.29. The normalized spacial score (nSPS) is 24.3. The molecule has 0 spiro atoms. The number of likely N-dealkylation sites (tertiary alicyclic amines) is 1. The largest absolute Gasteiger partial charge is 0.444 e. The minimum Gasteiger partial charge on any atom is -0.444 e. The van der Waals surface area contributed by atoms with E-state index in [0.717, 1.165) is 12.8 Å². The molecule has 0 aromatic heterocycles. The van der Waals surface area contributed by atoms with Gasteiger partial charge in [0.1, 0.15) is 11.2 Å². The van der Waals surface area contributed by atoms with Gasteiger partial charge in [0, 0.05) is 6.54 Å². The molecule has 0 aromatic carbocycles. The fourth-order valence-corrected chi connectivity index (χ4v) is 2.05. The number of rotatable bonds is 2. The summed E-state index contributed by atoms with van der Waals surface area (Å²) in [4.78, 5) is 13.6. The molecule has 0 aliphatic carbocycles. The Bertz CT molecular complexity index is 304. The van der Waals surface area contributed by atoms with Gasteiger partial charge >= 0.3 is 6.09 Å². The maximum atomic E-state index is 12.0. The first-order chi connectivity index (χ1) is 7.67. The second-order valence-corrected chi connectivity index (χ2v) is 5.76. The summed E-state index contributed by atoms with van der Waals surface area (Å²) in [7, 11) is 0. The maximum absolute atomic E-state index is 12.0. The van der Waals surface area contributed by atoms with Gasteiger partial charge < -0.3 is 14.7 Å². The van der Waals surface area contributed by atoms with E-state index in [-0.39, 0.29) is 12.1 Å². The third-order valence-corrected chi connectivity index (χ3v) is 2.97. The van der Waals surface area contributed by atoms with Crippen molar-refractivity contribution < 1.29 is 14.6 Å². The molecule has 1 fully saturated rings. The molecule has 0 saturated carbocycles. The molecule has 1 heterocycles. The van der Waals surface area contributed by atoms with Crippen molar-refractivity contribution in [1.82, 2.24) is 4.90 Å². The van der Waals surface area contributed by atoms with Gasteiger partial charge in [0.15, 0.2) is 0 Å². The molecule has 1 rings (SSSR count). The van der Waals surface area contributed by atoms with Crippen molar-refractivity contribution in [2.45, 2.75) is 57.8 Å². The number of nitrogens with zero attached hydrogens (tertiary/aromatic N) is 1. The summed E-state index contributed by atoms with van der Waals surface area (Å²) in [5, 5.41) is 10.2. The highest BCUT2D eigenvalue weighted by molar-refractivity contribution is 5.69. The first-order valence-electron chi connectivity index (χ1n) is 6.03. The molecule has 1 N–H and O–H groups in total. The summed E-state index contributed by atoms with van der Waals surface area (Å²) < 4.78 is 5.33. The molecular formula is C13H23NO3. The van der Waals surface area contributed by atoms with Gasteiger partial charge in [-0.1, -0.05) is 6.08 Å². The Hall–Kier alpha value is -1.03. The van der Waals surface area contributed by atoms with E-state index in [9.17, 15) is 9.90 Å². The Balaban J connectivity index is 2.76. The van der Waals surface area contributed by atoms with E-state index in [1.165, 1.54) is 6.08 Å². The van der Waals surface area contributed by atoms with Crippen molar-refractivity contribution in [3.8, 4) is 0 Å². The number of hydrogen-bond acceptors (Lipinski definition) is 3. The Morgan fingerprint density at radius 1 is 1.47 bits per heavy atom.